The topological polar surface area (TPSA) is 103 Å². The lowest BCUT2D eigenvalue weighted by Crippen LogP contribution is -2.24. The van der Waals surface area contributed by atoms with Gasteiger partial charge in [0.2, 0.25) is 5.91 Å². The molecule has 0 aliphatic carbocycles. The molecule has 0 saturated carbocycles. The number of methoxy groups -OCH3 is 2. The van der Waals surface area contributed by atoms with Gasteiger partial charge in [-0.15, -0.1) is 0 Å². The van der Waals surface area contributed by atoms with Crippen molar-refractivity contribution in [2.24, 2.45) is 0 Å². The van der Waals surface area contributed by atoms with Gasteiger partial charge < -0.3 is 20.1 Å². The Labute approximate surface area is 115 Å². The molecule has 0 atom stereocenters. The van der Waals surface area contributed by atoms with Crippen LogP contribution in [0, 0.1) is 10.1 Å². The Bertz CT molecular complexity index is 542. The maximum Gasteiger partial charge on any atom is 0.292 e. The number of rotatable bonds is 6. The molecular formula is C12H15N3O5. The van der Waals surface area contributed by atoms with Gasteiger partial charge in [-0.1, -0.05) is 0 Å². The Kier molecular flexibility index (Phi) is 4.16. The number of nitrogens with one attached hydrogen (secondary N) is 2. The second-order valence-corrected chi connectivity index (χ2v) is 4.29. The van der Waals surface area contributed by atoms with Crippen LogP contribution in [-0.2, 0) is 20.7 Å². The van der Waals surface area contributed by atoms with E-state index in [2.05, 4.69) is 10.6 Å². The average molecular weight is 281 g/mol. The molecule has 0 unspecified atom stereocenters. The van der Waals surface area contributed by atoms with E-state index >= 15 is 0 Å². The third-order valence-corrected chi connectivity index (χ3v) is 3.03. The fraction of sp³-hybridized carbons (Fsp3) is 0.417. The van der Waals surface area contributed by atoms with Crippen molar-refractivity contribution in [2.75, 3.05) is 31.4 Å². The van der Waals surface area contributed by atoms with Crippen LogP contribution in [0.4, 0.5) is 17.1 Å². The number of carbonyl (C=O) groups is 1. The van der Waals surface area contributed by atoms with Gasteiger partial charge in [0, 0.05) is 26.0 Å². The molecule has 0 radical (unpaired) electrons. The van der Waals surface area contributed by atoms with Crippen LogP contribution in [0.5, 0.6) is 0 Å². The number of nitro benzene ring substituents is 1. The minimum absolute atomic E-state index is 0.0776. The number of fused-ring (bicyclic) bond motifs is 1. The van der Waals surface area contributed by atoms with Gasteiger partial charge in [0.05, 0.1) is 17.9 Å². The van der Waals surface area contributed by atoms with Gasteiger partial charge in [0.25, 0.3) is 5.69 Å². The molecule has 1 aliphatic rings. The quantitative estimate of drug-likeness (QED) is 0.460. The molecule has 8 nitrogen and oxygen atoms in total. The molecule has 1 amide bonds. The van der Waals surface area contributed by atoms with Gasteiger partial charge in [0.1, 0.15) is 5.69 Å². The first-order chi connectivity index (χ1) is 9.55. The summed E-state index contributed by atoms with van der Waals surface area (Å²) in [5.41, 5.74) is 1.46. The number of carbonyl (C=O) groups excluding carboxylic acids is 1. The summed E-state index contributed by atoms with van der Waals surface area (Å²) in [7, 11) is 2.96. The maximum atomic E-state index is 11.3. The van der Waals surface area contributed by atoms with Crippen LogP contribution in [-0.4, -0.2) is 37.9 Å². The summed E-state index contributed by atoms with van der Waals surface area (Å²) in [4.78, 5) is 21.9. The average Bonchev–Trinajstić information content (AvgIpc) is 2.77. The standard InChI is InChI=1S/C12H15N3O5/c1-19-12(20-2)6-13-9-5-8-7(4-11(16)14-8)3-10(9)15(17)18/h3,5,12-13H,4,6H2,1-2H3,(H,14,16). The molecule has 0 fully saturated rings. The predicted molar refractivity (Wildman–Crippen MR) is 71.7 cm³/mol. The first-order valence-electron chi connectivity index (χ1n) is 5.95. The van der Waals surface area contributed by atoms with Crippen molar-refractivity contribution in [2.45, 2.75) is 12.7 Å². The van der Waals surface area contributed by atoms with Crippen LogP contribution < -0.4 is 10.6 Å². The molecule has 0 bridgehead atoms. The Morgan fingerprint density at radius 2 is 2.15 bits per heavy atom. The van der Waals surface area contributed by atoms with E-state index in [1.807, 2.05) is 0 Å². The third kappa shape index (κ3) is 2.86. The van der Waals surface area contributed by atoms with Crippen molar-refractivity contribution < 1.29 is 19.2 Å². The van der Waals surface area contributed by atoms with Crippen molar-refractivity contribution in [3.63, 3.8) is 0 Å². The summed E-state index contributed by atoms with van der Waals surface area (Å²) in [6.07, 6.45) is -0.354. The van der Waals surface area contributed by atoms with Gasteiger partial charge in [-0.2, -0.15) is 0 Å². The normalized spacial score (nSPS) is 13.2. The molecule has 1 aliphatic heterocycles. The van der Waals surface area contributed by atoms with Crippen LogP contribution >= 0.6 is 0 Å². The van der Waals surface area contributed by atoms with Crippen LogP contribution in [0.15, 0.2) is 12.1 Å². The van der Waals surface area contributed by atoms with Crippen LogP contribution in [0.2, 0.25) is 0 Å². The van der Waals surface area contributed by atoms with E-state index in [4.69, 9.17) is 9.47 Å². The molecule has 2 N–H and O–H groups in total. The summed E-state index contributed by atoms with van der Waals surface area (Å²) in [5.74, 6) is -0.168. The van der Waals surface area contributed by atoms with E-state index in [9.17, 15) is 14.9 Å². The minimum atomic E-state index is -0.516. The Morgan fingerprint density at radius 1 is 1.45 bits per heavy atom. The molecule has 0 saturated heterocycles. The van der Waals surface area contributed by atoms with Crippen molar-refractivity contribution in [1.82, 2.24) is 0 Å². The largest absolute Gasteiger partial charge is 0.374 e. The SMILES string of the molecule is COC(CNc1cc2c(cc1[N+](=O)[O-])CC(=O)N2)OC. The summed E-state index contributed by atoms with van der Waals surface area (Å²) >= 11 is 0. The molecule has 8 heteroatoms. The second kappa shape index (κ2) is 5.85. The number of anilines is 2. The van der Waals surface area contributed by atoms with Gasteiger partial charge >= 0.3 is 0 Å². The lowest BCUT2D eigenvalue weighted by Gasteiger charge is -2.15. The summed E-state index contributed by atoms with van der Waals surface area (Å²) < 4.78 is 10.0. The molecular weight excluding hydrogens is 266 g/mol. The van der Waals surface area contributed by atoms with E-state index < -0.39 is 11.2 Å². The first-order valence-corrected chi connectivity index (χ1v) is 5.95. The van der Waals surface area contributed by atoms with Gasteiger partial charge in [-0.05, 0) is 11.6 Å². The Balaban J connectivity index is 2.25. The second-order valence-electron chi connectivity index (χ2n) is 4.29. The monoisotopic (exact) mass is 281 g/mol. The Hall–Kier alpha value is -2.19. The number of amides is 1. The van der Waals surface area contributed by atoms with E-state index in [1.165, 1.54) is 20.3 Å². The van der Waals surface area contributed by atoms with Gasteiger partial charge in [0.15, 0.2) is 6.29 Å². The van der Waals surface area contributed by atoms with E-state index in [0.29, 0.717) is 16.9 Å². The first kappa shape index (κ1) is 14.2. The molecule has 1 aromatic carbocycles. The van der Waals surface area contributed by atoms with Gasteiger partial charge in [-0.3, -0.25) is 14.9 Å². The highest BCUT2D eigenvalue weighted by Crippen LogP contribution is 2.34. The predicted octanol–water partition coefficient (Wildman–Crippen LogP) is 1.12. The zero-order valence-corrected chi connectivity index (χ0v) is 11.1. The Morgan fingerprint density at radius 3 is 2.75 bits per heavy atom. The third-order valence-electron chi connectivity index (χ3n) is 3.03. The molecule has 108 valence electrons. The number of nitrogens with zero attached hydrogens (tertiary/aromatic N) is 1. The van der Waals surface area contributed by atoms with Crippen LogP contribution in [0.1, 0.15) is 5.56 Å². The lowest BCUT2D eigenvalue weighted by atomic mass is 10.1. The van der Waals surface area contributed by atoms with Crippen LogP contribution in [0.3, 0.4) is 0 Å². The fourth-order valence-corrected chi connectivity index (χ4v) is 2.01. The smallest absolute Gasteiger partial charge is 0.292 e. The number of nitro groups is 1. The zero-order chi connectivity index (χ0) is 14.7. The molecule has 0 spiro atoms. The molecule has 1 heterocycles. The number of benzene rings is 1. The number of hydrogen-bond donors (Lipinski definition) is 2. The summed E-state index contributed by atoms with van der Waals surface area (Å²) in [6.45, 7) is 0.251. The highest BCUT2D eigenvalue weighted by atomic mass is 16.7. The molecule has 1 aromatic rings. The molecule has 20 heavy (non-hydrogen) atoms. The van der Waals surface area contributed by atoms with E-state index in [-0.39, 0.29) is 24.6 Å². The van der Waals surface area contributed by atoms with E-state index in [0.717, 1.165) is 0 Å². The van der Waals surface area contributed by atoms with Crippen molar-refractivity contribution in [3.05, 3.63) is 27.8 Å². The summed E-state index contributed by atoms with van der Waals surface area (Å²) in [6, 6.07) is 2.96. The maximum absolute atomic E-state index is 11.3. The van der Waals surface area contributed by atoms with Crippen LogP contribution in [0.25, 0.3) is 0 Å². The highest BCUT2D eigenvalue weighted by Gasteiger charge is 2.24. The van der Waals surface area contributed by atoms with Gasteiger partial charge in [-0.25, -0.2) is 0 Å². The number of ether oxygens (including phenoxy) is 2. The fourth-order valence-electron chi connectivity index (χ4n) is 2.01. The number of hydrogen-bond acceptors (Lipinski definition) is 6. The lowest BCUT2D eigenvalue weighted by molar-refractivity contribution is -0.384. The van der Waals surface area contributed by atoms with Crippen molar-refractivity contribution >= 4 is 23.0 Å². The van der Waals surface area contributed by atoms with E-state index in [1.54, 1.807) is 6.07 Å². The zero-order valence-electron chi connectivity index (χ0n) is 11.1. The molecule has 2 rings (SSSR count). The minimum Gasteiger partial charge on any atom is -0.374 e. The highest BCUT2D eigenvalue weighted by molar-refractivity contribution is 6.00. The van der Waals surface area contributed by atoms with Crippen molar-refractivity contribution in [1.29, 1.82) is 0 Å². The molecule has 0 aromatic heterocycles. The van der Waals surface area contributed by atoms with Crippen molar-refractivity contribution in [3.8, 4) is 0 Å². The summed E-state index contributed by atoms with van der Waals surface area (Å²) in [5, 5.41) is 16.6.